The first-order valence-electron chi connectivity index (χ1n) is 15.4. The Balaban J connectivity index is 1.15. The number of pyridine rings is 1. The lowest BCUT2D eigenvalue weighted by molar-refractivity contribution is -0.136. The third kappa shape index (κ3) is 8.49. The zero-order valence-electron chi connectivity index (χ0n) is 24.8. The van der Waals surface area contributed by atoms with E-state index in [0.29, 0.717) is 47.5 Å². The molecule has 2 heterocycles. The summed E-state index contributed by atoms with van der Waals surface area (Å²) in [6.45, 7) is 0.376. The largest absolute Gasteiger partial charge is 0.417 e. The van der Waals surface area contributed by atoms with Crippen molar-refractivity contribution in [1.82, 2.24) is 10.3 Å². The molecule has 2 aromatic carbocycles. The summed E-state index contributed by atoms with van der Waals surface area (Å²) in [6.07, 6.45) is 7.18. The molecule has 12 heteroatoms. The average molecular weight is 756 g/mol. The fourth-order valence-electron chi connectivity index (χ4n) is 6.42. The molecule has 242 valence electrons. The van der Waals surface area contributed by atoms with Gasteiger partial charge in [0.15, 0.2) is 9.84 Å². The van der Waals surface area contributed by atoms with Crippen molar-refractivity contribution in [3.8, 4) is 0 Å². The van der Waals surface area contributed by atoms with Crippen LogP contribution in [0.25, 0.3) is 17.0 Å². The average Bonchev–Trinajstić information content (AvgIpc) is 3.38. The number of aromatic amines is 1. The Kier molecular flexibility index (Phi) is 10.6. The van der Waals surface area contributed by atoms with E-state index < -0.39 is 27.1 Å². The number of benzene rings is 2. The number of hydrogen-bond donors (Lipinski definition) is 2. The number of H-pyrrole nitrogens is 1. The summed E-state index contributed by atoms with van der Waals surface area (Å²) in [5.41, 5.74) is -0.295. The van der Waals surface area contributed by atoms with Gasteiger partial charge in [0.05, 0.1) is 20.3 Å². The predicted octanol–water partition coefficient (Wildman–Crippen LogP) is 7.24. The van der Waals surface area contributed by atoms with Crippen LogP contribution >= 0.6 is 22.6 Å². The minimum Gasteiger partial charge on any atom is -0.357 e. The van der Waals surface area contributed by atoms with Crippen LogP contribution in [-0.4, -0.2) is 41.7 Å². The maximum Gasteiger partial charge on any atom is 0.417 e. The van der Waals surface area contributed by atoms with Crippen LogP contribution in [0.4, 0.5) is 18.9 Å². The maximum atomic E-state index is 13.7. The normalized spacial score (nSPS) is 19.9. The van der Waals surface area contributed by atoms with Gasteiger partial charge in [0.25, 0.3) is 0 Å². The number of carbonyl (C=O) groups excluding carboxylic acids is 1. The first kappa shape index (κ1) is 33.5. The number of nitrogens with zero attached hydrogens (tertiary/aromatic N) is 1. The Bertz CT molecular complexity index is 1700. The number of nitrogens with one attached hydrogen (secondary N) is 2. The van der Waals surface area contributed by atoms with Crippen molar-refractivity contribution in [3.63, 3.8) is 0 Å². The van der Waals surface area contributed by atoms with Crippen molar-refractivity contribution in [2.45, 2.75) is 78.9 Å². The van der Waals surface area contributed by atoms with E-state index in [4.69, 9.17) is 0 Å². The summed E-state index contributed by atoms with van der Waals surface area (Å²) >= 11 is 2.28. The Morgan fingerprint density at radius 1 is 1.00 bits per heavy atom. The van der Waals surface area contributed by atoms with Crippen LogP contribution in [0.1, 0.15) is 68.9 Å². The van der Waals surface area contributed by atoms with Crippen LogP contribution in [0.3, 0.4) is 0 Å². The van der Waals surface area contributed by atoms with E-state index >= 15 is 0 Å². The zero-order chi connectivity index (χ0) is 32.2. The Labute approximate surface area is 274 Å². The molecule has 1 aliphatic heterocycles. The molecule has 2 atom stereocenters. The Morgan fingerprint density at radius 3 is 2.44 bits per heavy atom. The van der Waals surface area contributed by atoms with Crippen molar-refractivity contribution in [3.05, 3.63) is 76.1 Å². The van der Waals surface area contributed by atoms with Crippen molar-refractivity contribution in [2.75, 3.05) is 17.2 Å². The number of alkyl halides is 4. The van der Waals surface area contributed by atoms with Crippen LogP contribution < -0.4 is 15.8 Å². The zero-order valence-corrected chi connectivity index (χ0v) is 27.8. The van der Waals surface area contributed by atoms with Gasteiger partial charge in [-0.25, -0.2) is 8.42 Å². The number of halogens is 4. The molecule has 1 aliphatic carbocycles. The quantitative estimate of drug-likeness (QED) is 0.0985. The number of rotatable bonds is 10. The summed E-state index contributed by atoms with van der Waals surface area (Å²) in [6, 6.07) is 11.9. The minimum atomic E-state index is -4.66. The van der Waals surface area contributed by atoms with Crippen molar-refractivity contribution in [1.29, 1.82) is 0 Å². The van der Waals surface area contributed by atoms with Crippen molar-refractivity contribution >= 4 is 61.0 Å². The molecule has 7 nitrogen and oxygen atoms in total. The van der Waals surface area contributed by atoms with Gasteiger partial charge in [0, 0.05) is 41.3 Å². The topological polar surface area (TPSA) is 99.3 Å². The van der Waals surface area contributed by atoms with Gasteiger partial charge in [-0.1, -0.05) is 66.8 Å². The van der Waals surface area contributed by atoms with Gasteiger partial charge in [-0.3, -0.25) is 9.59 Å². The lowest BCUT2D eigenvalue weighted by atomic mass is 9.88. The lowest BCUT2D eigenvalue weighted by Gasteiger charge is -2.30. The van der Waals surface area contributed by atoms with E-state index in [-0.39, 0.29) is 32.7 Å². The van der Waals surface area contributed by atoms with Crippen molar-refractivity contribution < 1.29 is 26.4 Å². The molecule has 2 fully saturated rings. The Morgan fingerprint density at radius 2 is 1.73 bits per heavy atom. The van der Waals surface area contributed by atoms with Crippen molar-refractivity contribution in [2.24, 2.45) is 5.92 Å². The summed E-state index contributed by atoms with van der Waals surface area (Å²) in [5.74, 6) is 0.355. The highest BCUT2D eigenvalue weighted by Crippen LogP contribution is 2.39. The molecular weight excluding hydrogens is 718 g/mol. The molecule has 1 saturated heterocycles. The van der Waals surface area contributed by atoms with Gasteiger partial charge in [-0.15, -0.1) is 0 Å². The summed E-state index contributed by atoms with van der Waals surface area (Å²) in [4.78, 5) is 29.2. The van der Waals surface area contributed by atoms with E-state index in [1.807, 2.05) is 0 Å². The molecule has 1 saturated carbocycles. The van der Waals surface area contributed by atoms with E-state index in [1.54, 1.807) is 36.4 Å². The van der Waals surface area contributed by atoms with Gasteiger partial charge in [-0.05, 0) is 73.6 Å². The minimum absolute atomic E-state index is 0.0123. The third-order valence-corrected chi connectivity index (χ3v) is 11.8. The van der Waals surface area contributed by atoms with E-state index in [0.717, 1.165) is 25.7 Å². The molecule has 3 aromatic rings. The van der Waals surface area contributed by atoms with Gasteiger partial charge >= 0.3 is 6.18 Å². The molecule has 0 radical (unpaired) electrons. The first-order chi connectivity index (χ1) is 21.4. The lowest BCUT2D eigenvalue weighted by Crippen LogP contribution is -2.36. The SMILES string of the molecule is O=C(/C=C/c1ccc(S(=O)(=O)CCC2CCCCC2)cc1)NCC[C@H]1CC[C@@H](I)N1c1ccc2[nH]c(=O)cc(C(F)(F)F)c2c1. The standard InChI is InChI=1S/C33H37F3IN3O4S/c34-33(35,36)28-21-32(42)39-29-13-9-25(20-27(28)29)40-24(10-14-30(40)37)16-18-38-31(41)15-8-23-6-11-26(12-7-23)45(43,44)19-17-22-4-2-1-3-5-22/h6-9,11-13,15,20-22,24,30H,1-5,10,14,16-19H2,(H,38,41)(H,39,42)/b15-8+/t24-,30+/m1/s1. The molecule has 0 unspecified atom stereocenters. The monoisotopic (exact) mass is 755 g/mol. The van der Waals surface area contributed by atoms with Crippen LogP contribution in [0.2, 0.25) is 0 Å². The molecule has 1 aromatic heterocycles. The molecule has 2 N–H and O–H groups in total. The first-order valence-corrected chi connectivity index (χ1v) is 18.3. The van der Waals surface area contributed by atoms with Crippen LogP contribution in [-0.2, 0) is 20.8 Å². The number of carbonyl (C=O) groups is 1. The predicted molar refractivity (Wildman–Crippen MR) is 179 cm³/mol. The second kappa shape index (κ2) is 14.3. The maximum absolute atomic E-state index is 13.7. The number of hydrogen-bond acceptors (Lipinski definition) is 5. The summed E-state index contributed by atoms with van der Waals surface area (Å²) < 4.78 is 66.7. The molecule has 0 spiro atoms. The third-order valence-electron chi connectivity index (χ3n) is 8.83. The highest BCUT2D eigenvalue weighted by Gasteiger charge is 2.35. The molecule has 2 aliphatic rings. The van der Waals surface area contributed by atoms with Crippen LogP contribution in [0.5, 0.6) is 0 Å². The van der Waals surface area contributed by atoms with E-state index in [9.17, 15) is 31.2 Å². The van der Waals surface area contributed by atoms with Gasteiger partial charge in [0.2, 0.25) is 11.5 Å². The number of amides is 1. The number of sulfone groups is 1. The highest BCUT2D eigenvalue weighted by atomic mass is 127. The van der Waals surface area contributed by atoms with Crippen LogP contribution in [0, 0.1) is 5.92 Å². The summed E-state index contributed by atoms with van der Waals surface area (Å²) in [5, 5.41) is 2.82. The smallest absolute Gasteiger partial charge is 0.357 e. The molecule has 0 bridgehead atoms. The molecule has 45 heavy (non-hydrogen) atoms. The van der Waals surface area contributed by atoms with Gasteiger partial charge < -0.3 is 15.2 Å². The second-order valence-electron chi connectivity index (χ2n) is 11.9. The van der Waals surface area contributed by atoms with Gasteiger partial charge in [0.1, 0.15) is 0 Å². The number of aromatic nitrogens is 1. The molecular formula is C33H37F3IN3O4S. The van der Waals surface area contributed by atoms with Gasteiger partial charge in [-0.2, -0.15) is 13.2 Å². The van der Waals surface area contributed by atoms with Crippen LogP contribution in [0.15, 0.2) is 64.3 Å². The Hall–Kier alpha value is -2.87. The van der Waals surface area contributed by atoms with E-state index in [1.165, 1.54) is 37.5 Å². The number of fused-ring (bicyclic) bond motifs is 1. The fourth-order valence-corrected chi connectivity index (χ4v) is 8.99. The number of anilines is 1. The molecule has 5 rings (SSSR count). The summed E-state index contributed by atoms with van der Waals surface area (Å²) in [7, 11) is -3.35. The highest BCUT2D eigenvalue weighted by molar-refractivity contribution is 14.1. The van der Waals surface area contributed by atoms with E-state index in [2.05, 4.69) is 37.8 Å². The second-order valence-corrected chi connectivity index (χ2v) is 15.5. The fraction of sp³-hybridized carbons (Fsp3) is 0.455. The molecule has 1 amide bonds.